The highest BCUT2D eigenvalue weighted by molar-refractivity contribution is 4.76. The topological polar surface area (TPSA) is 6.48 Å². The second-order valence-corrected chi connectivity index (χ2v) is 4.02. The van der Waals surface area contributed by atoms with Gasteiger partial charge in [0.25, 0.3) is 0 Å². The third-order valence-electron chi connectivity index (χ3n) is 2.89. The van der Waals surface area contributed by atoms with Gasteiger partial charge in [-0.3, -0.25) is 0 Å². The minimum Gasteiger partial charge on any atom is -0.306 e. The van der Waals surface area contributed by atoms with Crippen LogP contribution in [-0.4, -0.2) is 49.6 Å². The smallest absolute Gasteiger partial charge is 0.0117 e. The molecular formula is C14H34N2. The Kier molecular flexibility index (Phi) is 14.8. The standard InChI is InChI=1S/C10H22N2.2C2H6/c1-4-7-12(3)10-5-8-11(2)9-6-10;2*1-2/h10H,4-9H2,1-3H3;2*1-2H3. The van der Waals surface area contributed by atoms with E-state index in [0.717, 1.165) is 6.04 Å². The molecule has 0 aromatic carbocycles. The Morgan fingerprint density at radius 3 is 1.88 bits per heavy atom. The second-order valence-electron chi connectivity index (χ2n) is 4.02. The van der Waals surface area contributed by atoms with Crippen LogP contribution in [0, 0.1) is 0 Å². The van der Waals surface area contributed by atoms with E-state index in [-0.39, 0.29) is 0 Å². The zero-order chi connectivity index (χ0) is 13.0. The number of piperidine rings is 1. The van der Waals surface area contributed by atoms with Crippen molar-refractivity contribution in [3.05, 3.63) is 0 Å². The van der Waals surface area contributed by atoms with Gasteiger partial charge in [-0.25, -0.2) is 0 Å². The fourth-order valence-electron chi connectivity index (χ4n) is 1.97. The summed E-state index contributed by atoms with van der Waals surface area (Å²) in [4.78, 5) is 4.95. The number of likely N-dealkylation sites (tertiary alicyclic amines) is 1. The Hall–Kier alpha value is -0.0800. The van der Waals surface area contributed by atoms with Gasteiger partial charge in [0.1, 0.15) is 0 Å². The fourth-order valence-corrected chi connectivity index (χ4v) is 1.97. The normalized spacial score (nSPS) is 17.2. The first-order valence-electron chi connectivity index (χ1n) is 7.12. The Bertz CT molecular complexity index is 118. The molecule has 0 N–H and O–H groups in total. The average molecular weight is 230 g/mol. The number of hydrogen-bond acceptors (Lipinski definition) is 2. The molecule has 0 spiro atoms. The molecule has 0 bridgehead atoms. The van der Waals surface area contributed by atoms with Crippen molar-refractivity contribution in [2.24, 2.45) is 0 Å². The monoisotopic (exact) mass is 230 g/mol. The average Bonchev–Trinajstić information content (AvgIpc) is 2.35. The Balaban J connectivity index is 0. The van der Waals surface area contributed by atoms with E-state index >= 15 is 0 Å². The van der Waals surface area contributed by atoms with Gasteiger partial charge >= 0.3 is 0 Å². The molecule has 1 aliphatic heterocycles. The fraction of sp³-hybridized carbons (Fsp3) is 1.00. The van der Waals surface area contributed by atoms with Gasteiger partial charge in [-0.1, -0.05) is 34.6 Å². The third-order valence-corrected chi connectivity index (χ3v) is 2.89. The maximum Gasteiger partial charge on any atom is 0.0117 e. The van der Waals surface area contributed by atoms with Gasteiger partial charge in [0.05, 0.1) is 0 Å². The molecule has 0 amide bonds. The van der Waals surface area contributed by atoms with Crippen molar-refractivity contribution in [2.45, 2.75) is 59.9 Å². The van der Waals surface area contributed by atoms with Gasteiger partial charge in [-0.2, -0.15) is 0 Å². The van der Waals surface area contributed by atoms with Gasteiger partial charge in [0, 0.05) is 6.04 Å². The number of hydrogen-bond donors (Lipinski definition) is 0. The first-order chi connectivity index (χ1) is 7.74. The minimum atomic E-state index is 0.848. The van der Waals surface area contributed by atoms with Gasteiger partial charge in [0.15, 0.2) is 0 Å². The number of nitrogens with zero attached hydrogens (tertiary/aromatic N) is 2. The summed E-state index contributed by atoms with van der Waals surface area (Å²) in [5.74, 6) is 0. The summed E-state index contributed by atoms with van der Waals surface area (Å²) in [6, 6.07) is 0.848. The van der Waals surface area contributed by atoms with Gasteiger partial charge in [0.2, 0.25) is 0 Å². The van der Waals surface area contributed by atoms with Crippen molar-refractivity contribution in [2.75, 3.05) is 33.7 Å². The van der Waals surface area contributed by atoms with Crippen LogP contribution in [0.2, 0.25) is 0 Å². The molecule has 1 saturated heterocycles. The van der Waals surface area contributed by atoms with Crippen LogP contribution >= 0.6 is 0 Å². The van der Waals surface area contributed by atoms with Gasteiger partial charge in [-0.15, -0.1) is 0 Å². The van der Waals surface area contributed by atoms with E-state index in [1.54, 1.807) is 0 Å². The largest absolute Gasteiger partial charge is 0.306 e. The summed E-state index contributed by atoms with van der Waals surface area (Å²) in [5, 5.41) is 0. The van der Waals surface area contributed by atoms with E-state index in [1.165, 1.54) is 38.9 Å². The first kappa shape index (κ1) is 18.3. The number of rotatable bonds is 3. The molecular weight excluding hydrogens is 196 g/mol. The van der Waals surface area contributed by atoms with E-state index in [0.29, 0.717) is 0 Å². The van der Waals surface area contributed by atoms with Crippen molar-refractivity contribution in [1.29, 1.82) is 0 Å². The summed E-state index contributed by atoms with van der Waals surface area (Å²) in [5.41, 5.74) is 0. The molecule has 0 atom stereocenters. The van der Waals surface area contributed by atoms with Crippen LogP contribution in [0.1, 0.15) is 53.9 Å². The van der Waals surface area contributed by atoms with Crippen molar-refractivity contribution in [3.8, 4) is 0 Å². The minimum absolute atomic E-state index is 0.848. The Morgan fingerprint density at radius 2 is 1.50 bits per heavy atom. The summed E-state index contributed by atoms with van der Waals surface area (Å²) in [6.07, 6.45) is 3.99. The van der Waals surface area contributed by atoms with Crippen LogP contribution in [0.25, 0.3) is 0 Å². The van der Waals surface area contributed by atoms with Crippen LogP contribution in [-0.2, 0) is 0 Å². The van der Waals surface area contributed by atoms with Crippen LogP contribution in [0.4, 0.5) is 0 Å². The molecule has 0 unspecified atom stereocenters. The lowest BCUT2D eigenvalue weighted by atomic mass is 10.0. The molecule has 0 aliphatic carbocycles. The molecule has 1 aliphatic rings. The summed E-state index contributed by atoms with van der Waals surface area (Å²) in [7, 11) is 4.48. The third kappa shape index (κ3) is 8.12. The summed E-state index contributed by atoms with van der Waals surface area (Å²) in [6.45, 7) is 14.1. The molecule has 2 heteroatoms. The lowest BCUT2D eigenvalue weighted by molar-refractivity contribution is 0.144. The molecule has 0 aromatic heterocycles. The zero-order valence-corrected chi connectivity index (χ0v) is 12.7. The van der Waals surface area contributed by atoms with Crippen LogP contribution in [0.3, 0.4) is 0 Å². The Morgan fingerprint density at radius 1 is 1.06 bits per heavy atom. The summed E-state index contributed by atoms with van der Waals surface area (Å²) < 4.78 is 0. The predicted molar refractivity (Wildman–Crippen MR) is 76.1 cm³/mol. The first-order valence-corrected chi connectivity index (χ1v) is 7.12. The highest BCUT2D eigenvalue weighted by atomic mass is 15.2. The van der Waals surface area contributed by atoms with E-state index in [1.807, 2.05) is 27.7 Å². The highest BCUT2D eigenvalue weighted by Crippen LogP contribution is 2.13. The quantitative estimate of drug-likeness (QED) is 0.732. The van der Waals surface area contributed by atoms with Crippen molar-refractivity contribution < 1.29 is 0 Å². The van der Waals surface area contributed by atoms with E-state index < -0.39 is 0 Å². The van der Waals surface area contributed by atoms with Crippen LogP contribution < -0.4 is 0 Å². The maximum atomic E-state index is 2.52. The SMILES string of the molecule is CC.CC.CCCN(C)C1CCN(C)CC1. The van der Waals surface area contributed by atoms with E-state index in [4.69, 9.17) is 0 Å². The van der Waals surface area contributed by atoms with Crippen LogP contribution in [0.5, 0.6) is 0 Å². The molecule has 16 heavy (non-hydrogen) atoms. The lowest BCUT2D eigenvalue weighted by Crippen LogP contribution is -2.42. The molecule has 1 heterocycles. The van der Waals surface area contributed by atoms with Gasteiger partial charge < -0.3 is 9.80 Å². The molecule has 0 aromatic rings. The maximum absolute atomic E-state index is 2.52. The molecule has 1 rings (SSSR count). The van der Waals surface area contributed by atoms with E-state index in [9.17, 15) is 0 Å². The van der Waals surface area contributed by atoms with Crippen molar-refractivity contribution in [1.82, 2.24) is 9.80 Å². The second kappa shape index (κ2) is 13.0. The molecule has 0 radical (unpaired) electrons. The van der Waals surface area contributed by atoms with E-state index in [2.05, 4.69) is 30.8 Å². The molecule has 0 saturated carbocycles. The molecule has 2 nitrogen and oxygen atoms in total. The Labute approximate surface area is 104 Å². The van der Waals surface area contributed by atoms with Crippen LogP contribution in [0.15, 0.2) is 0 Å². The van der Waals surface area contributed by atoms with Gasteiger partial charge in [-0.05, 0) is 53.0 Å². The highest BCUT2D eigenvalue weighted by Gasteiger charge is 2.19. The summed E-state index contributed by atoms with van der Waals surface area (Å²) >= 11 is 0. The zero-order valence-electron chi connectivity index (χ0n) is 12.7. The molecule has 1 fully saturated rings. The predicted octanol–water partition coefficient (Wildman–Crippen LogP) is 3.47. The van der Waals surface area contributed by atoms with Crippen molar-refractivity contribution >= 4 is 0 Å². The lowest BCUT2D eigenvalue weighted by Gasteiger charge is -2.34. The van der Waals surface area contributed by atoms with Crippen molar-refractivity contribution in [3.63, 3.8) is 0 Å². The molecule has 100 valence electrons.